The third kappa shape index (κ3) is 8.43. The van der Waals surface area contributed by atoms with E-state index in [4.69, 9.17) is 4.74 Å². The number of nitrogens with zero attached hydrogens (tertiary/aromatic N) is 2. The Morgan fingerprint density at radius 1 is 0.978 bits per heavy atom. The van der Waals surface area contributed by atoms with E-state index in [9.17, 15) is 28.4 Å². The van der Waals surface area contributed by atoms with Gasteiger partial charge in [0, 0.05) is 39.4 Å². The first kappa shape index (κ1) is 33.1. The van der Waals surface area contributed by atoms with Crippen molar-refractivity contribution < 1.29 is 33.1 Å². The van der Waals surface area contributed by atoms with Gasteiger partial charge in [0.15, 0.2) is 0 Å². The summed E-state index contributed by atoms with van der Waals surface area (Å²) in [6, 6.07) is 15.9. The van der Waals surface area contributed by atoms with Crippen molar-refractivity contribution in [2.75, 3.05) is 20.1 Å². The Hall–Kier alpha value is -4.80. The fraction of sp³-hybridized carbons (Fsp3) is 0.382. The molecule has 3 aromatic carbocycles. The summed E-state index contributed by atoms with van der Waals surface area (Å²) in [6.45, 7) is 5.10. The molecule has 1 heterocycles. The zero-order chi connectivity index (χ0) is 32.7. The number of amides is 4. The molecule has 1 fully saturated rings. The van der Waals surface area contributed by atoms with E-state index in [-0.39, 0.29) is 38.3 Å². The van der Waals surface area contributed by atoms with Gasteiger partial charge in [0.25, 0.3) is 0 Å². The van der Waals surface area contributed by atoms with Gasteiger partial charge in [0.2, 0.25) is 17.7 Å². The van der Waals surface area contributed by atoms with Crippen molar-refractivity contribution in [3.63, 3.8) is 0 Å². The molecule has 0 spiro atoms. The van der Waals surface area contributed by atoms with Gasteiger partial charge in [-0.2, -0.15) is 0 Å². The van der Waals surface area contributed by atoms with Crippen LogP contribution in [0.15, 0.2) is 66.7 Å². The summed E-state index contributed by atoms with van der Waals surface area (Å²) in [4.78, 5) is 68.3. The molecule has 238 valence electrons. The Kier molecular flexibility index (Phi) is 10.5. The standard InChI is InChI=1S/C34H39FN4O6/c1-34(2,3)45-33(44)37-27(20-22-10-13-26(35)14-11-22)31(42)38-16-17-39(32(43)28(38)15-18-40)29(30(41)36-4)21-23-9-12-24-7-5-6-8-25(24)19-23/h5-14,18-19,27-29H,15-17,20-21H2,1-4H3,(H,36,41)(H,37,44)/t27-,28+,29+/m1/s1. The van der Waals surface area contributed by atoms with Crippen LogP contribution >= 0.6 is 0 Å². The molecule has 4 rings (SSSR count). The normalized spacial score (nSPS) is 16.6. The minimum atomic E-state index is -1.19. The van der Waals surface area contributed by atoms with Crippen molar-refractivity contribution >= 4 is 40.9 Å². The molecule has 0 saturated carbocycles. The van der Waals surface area contributed by atoms with E-state index in [0.29, 0.717) is 11.8 Å². The van der Waals surface area contributed by atoms with E-state index in [1.807, 2.05) is 42.5 Å². The highest BCUT2D eigenvalue weighted by molar-refractivity contribution is 5.96. The van der Waals surface area contributed by atoms with Crippen LogP contribution in [0.25, 0.3) is 10.8 Å². The lowest BCUT2D eigenvalue weighted by Crippen LogP contribution is -2.65. The predicted molar refractivity (Wildman–Crippen MR) is 167 cm³/mol. The first-order valence-electron chi connectivity index (χ1n) is 14.9. The summed E-state index contributed by atoms with van der Waals surface area (Å²) in [5, 5.41) is 7.28. The SMILES string of the molecule is CNC(=O)[C@H](Cc1ccc2ccccc2c1)N1CCN(C(=O)[C@@H](Cc2ccc(F)cc2)NC(=O)OC(C)(C)C)[C@@H](CC=O)C1=O. The number of ether oxygens (including phenoxy) is 1. The van der Waals surface area contributed by atoms with Gasteiger partial charge < -0.3 is 30.0 Å². The van der Waals surface area contributed by atoms with Crippen molar-refractivity contribution in [1.29, 1.82) is 0 Å². The van der Waals surface area contributed by atoms with Crippen LogP contribution in [0, 0.1) is 5.82 Å². The molecule has 45 heavy (non-hydrogen) atoms. The molecule has 1 aliphatic heterocycles. The van der Waals surface area contributed by atoms with Gasteiger partial charge in [-0.05, 0) is 54.8 Å². The summed E-state index contributed by atoms with van der Waals surface area (Å²) in [5.74, 6) is -1.98. The maximum absolute atomic E-state index is 14.0. The number of halogens is 1. The van der Waals surface area contributed by atoms with Gasteiger partial charge >= 0.3 is 6.09 Å². The monoisotopic (exact) mass is 618 g/mol. The molecule has 3 atom stereocenters. The fourth-order valence-corrected chi connectivity index (χ4v) is 5.50. The van der Waals surface area contributed by atoms with Crippen molar-refractivity contribution in [1.82, 2.24) is 20.4 Å². The summed E-state index contributed by atoms with van der Waals surface area (Å²) in [7, 11) is 1.49. The molecule has 0 aromatic heterocycles. The van der Waals surface area contributed by atoms with Crippen LogP contribution < -0.4 is 10.6 Å². The highest BCUT2D eigenvalue weighted by Crippen LogP contribution is 2.23. The zero-order valence-corrected chi connectivity index (χ0v) is 25.9. The Morgan fingerprint density at radius 3 is 2.29 bits per heavy atom. The topological polar surface area (TPSA) is 125 Å². The average Bonchev–Trinajstić information content (AvgIpc) is 3.00. The number of hydrogen-bond donors (Lipinski definition) is 2. The van der Waals surface area contributed by atoms with Crippen LogP contribution in [0.2, 0.25) is 0 Å². The quantitative estimate of drug-likeness (QED) is 0.336. The molecule has 4 amide bonds. The first-order chi connectivity index (χ1) is 21.4. The zero-order valence-electron chi connectivity index (χ0n) is 25.9. The van der Waals surface area contributed by atoms with Crippen molar-refractivity contribution in [3.05, 3.63) is 83.7 Å². The Bertz CT molecular complexity index is 1550. The highest BCUT2D eigenvalue weighted by Gasteiger charge is 2.43. The summed E-state index contributed by atoms with van der Waals surface area (Å²) in [5.41, 5.74) is 0.578. The van der Waals surface area contributed by atoms with E-state index in [1.165, 1.54) is 41.1 Å². The number of fused-ring (bicyclic) bond motifs is 1. The minimum Gasteiger partial charge on any atom is -0.444 e. The number of rotatable bonds is 10. The van der Waals surface area contributed by atoms with Gasteiger partial charge in [-0.1, -0.05) is 54.6 Å². The Balaban J connectivity index is 1.60. The van der Waals surface area contributed by atoms with Crippen LogP contribution in [-0.4, -0.2) is 83.8 Å². The predicted octanol–water partition coefficient (Wildman–Crippen LogP) is 3.40. The van der Waals surface area contributed by atoms with Crippen LogP contribution in [0.4, 0.5) is 9.18 Å². The number of carbonyl (C=O) groups excluding carboxylic acids is 5. The molecular formula is C34H39FN4O6. The number of alkyl carbamates (subject to hydrolysis) is 1. The Labute approximate surface area is 261 Å². The van der Waals surface area contributed by atoms with E-state index in [0.717, 1.165) is 16.3 Å². The second-order valence-electron chi connectivity index (χ2n) is 12.0. The fourth-order valence-electron chi connectivity index (χ4n) is 5.50. The van der Waals surface area contributed by atoms with E-state index in [2.05, 4.69) is 10.6 Å². The second kappa shape index (κ2) is 14.3. The van der Waals surface area contributed by atoms with E-state index in [1.54, 1.807) is 20.8 Å². The maximum atomic E-state index is 14.0. The van der Waals surface area contributed by atoms with E-state index < -0.39 is 47.5 Å². The first-order valence-corrected chi connectivity index (χ1v) is 14.9. The van der Waals surface area contributed by atoms with Gasteiger partial charge in [-0.15, -0.1) is 0 Å². The molecule has 0 bridgehead atoms. The highest BCUT2D eigenvalue weighted by atomic mass is 19.1. The smallest absolute Gasteiger partial charge is 0.408 e. The van der Waals surface area contributed by atoms with Gasteiger partial charge in [-0.25, -0.2) is 9.18 Å². The van der Waals surface area contributed by atoms with Gasteiger partial charge in [0.1, 0.15) is 35.8 Å². The molecule has 1 aliphatic rings. The third-order valence-electron chi connectivity index (χ3n) is 7.64. The molecule has 10 nitrogen and oxygen atoms in total. The minimum absolute atomic E-state index is 0.0105. The van der Waals surface area contributed by atoms with Crippen molar-refractivity contribution in [2.24, 2.45) is 0 Å². The number of likely N-dealkylation sites (N-methyl/N-ethyl adjacent to an activating group) is 1. The van der Waals surface area contributed by atoms with Crippen LogP contribution in [-0.2, 0) is 36.8 Å². The van der Waals surface area contributed by atoms with Gasteiger partial charge in [-0.3, -0.25) is 14.4 Å². The number of hydrogen-bond acceptors (Lipinski definition) is 6. The lowest BCUT2D eigenvalue weighted by Gasteiger charge is -2.44. The summed E-state index contributed by atoms with van der Waals surface area (Å²) < 4.78 is 18.9. The van der Waals surface area contributed by atoms with Crippen LogP contribution in [0.5, 0.6) is 0 Å². The number of carbonyl (C=O) groups is 5. The molecule has 11 heteroatoms. The van der Waals surface area contributed by atoms with E-state index >= 15 is 0 Å². The molecule has 0 aliphatic carbocycles. The summed E-state index contributed by atoms with van der Waals surface area (Å²) >= 11 is 0. The molecule has 1 saturated heterocycles. The van der Waals surface area contributed by atoms with Crippen LogP contribution in [0.1, 0.15) is 38.3 Å². The molecule has 0 unspecified atom stereocenters. The van der Waals surface area contributed by atoms with Crippen molar-refractivity contribution in [3.8, 4) is 0 Å². The second-order valence-corrected chi connectivity index (χ2v) is 12.0. The molecular weight excluding hydrogens is 579 g/mol. The Morgan fingerprint density at radius 2 is 1.64 bits per heavy atom. The molecule has 2 N–H and O–H groups in total. The number of nitrogens with one attached hydrogen (secondary N) is 2. The lowest BCUT2D eigenvalue weighted by molar-refractivity contribution is -0.157. The van der Waals surface area contributed by atoms with Crippen molar-refractivity contribution in [2.45, 2.75) is 63.8 Å². The number of aldehydes is 1. The largest absolute Gasteiger partial charge is 0.444 e. The maximum Gasteiger partial charge on any atom is 0.408 e. The number of benzene rings is 3. The lowest BCUT2D eigenvalue weighted by atomic mass is 9.97. The van der Waals surface area contributed by atoms with Gasteiger partial charge in [0.05, 0.1) is 0 Å². The average molecular weight is 619 g/mol. The van der Waals surface area contributed by atoms with Crippen LogP contribution in [0.3, 0.4) is 0 Å². The number of piperazine rings is 1. The third-order valence-corrected chi connectivity index (χ3v) is 7.64. The molecule has 3 aromatic rings. The molecule has 0 radical (unpaired) electrons. The summed E-state index contributed by atoms with van der Waals surface area (Å²) in [6.07, 6.45) is -0.363.